The van der Waals surface area contributed by atoms with Crippen molar-refractivity contribution in [3.05, 3.63) is 38.4 Å². The van der Waals surface area contributed by atoms with E-state index in [2.05, 4.69) is 36.6 Å². The number of amides is 1. The van der Waals surface area contributed by atoms with Crippen LogP contribution in [-0.2, 0) is 6.54 Å². The number of nitrogen functional groups attached to an aromatic ring is 1. The van der Waals surface area contributed by atoms with Gasteiger partial charge in [-0.2, -0.15) is 0 Å². The molecule has 0 spiro atoms. The van der Waals surface area contributed by atoms with Crippen molar-refractivity contribution in [3.63, 3.8) is 0 Å². The molecule has 54 heavy (non-hydrogen) atoms. The molecule has 2 aliphatic rings. The zero-order valence-electron chi connectivity index (χ0n) is 31.3. The average Bonchev–Trinajstić information content (AvgIpc) is 4.02. The van der Waals surface area contributed by atoms with Gasteiger partial charge >= 0.3 is 0 Å². The Balaban J connectivity index is 1.19. The summed E-state index contributed by atoms with van der Waals surface area (Å²) in [7, 11) is 0. The van der Waals surface area contributed by atoms with Crippen molar-refractivity contribution in [2.24, 2.45) is 0 Å². The van der Waals surface area contributed by atoms with Gasteiger partial charge in [-0.15, -0.1) is 56.7 Å². The summed E-state index contributed by atoms with van der Waals surface area (Å²) < 4.78 is 11.5. The Morgan fingerprint density at radius 2 is 1.30 bits per heavy atom. The summed E-state index contributed by atoms with van der Waals surface area (Å²) >= 11 is 10.1. The number of nitrogens with one attached hydrogen (secondary N) is 1. The van der Waals surface area contributed by atoms with Crippen LogP contribution in [-0.4, -0.2) is 32.1 Å². The maximum Gasteiger partial charge on any atom is 0.261 e. The lowest BCUT2D eigenvalue weighted by Gasteiger charge is -2.20. The van der Waals surface area contributed by atoms with Crippen LogP contribution in [0.3, 0.4) is 0 Å². The van der Waals surface area contributed by atoms with E-state index in [-0.39, 0.29) is 11.8 Å². The quantitative estimate of drug-likeness (QED) is 0.0708. The molecule has 0 saturated carbocycles. The predicted octanol–water partition coefficient (Wildman–Crippen LogP) is 13.0. The van der Waals surface area contributed by atoms with Gasteiger partial charge in [-0.3, -0.25) is 10.2 Å². The number of carbonyl (C=O) groups excluding carboxylic acids is 1. The fourth-order valence-corrected chi connectivity index (χ4v) is 15.8. The second-order valence-corrected chi connectivity index (χ2v) is 21.2. The lowest BCUT2D eigenvalue weighted by atomic mass is 10.1. The molecule has 0 atom stereocenters. The van der Waals surface area contributed by atoms with Gasteiger partial charge in [0.2, 0.25) is 5.88 Å². The van der Waals surface area contributed by atoms with Crippen molar-refractivity contribution >= 4 is 124 Å². The highest BCUT2D eigenvalue weighted by Crippen LogP contribution is 2.52. The summed E-state index contributed by atoms with van der Waals surface area (Å²) in [6.07, 6.45) is 21.2. The summed E-state index contributed by atoms with van der Waals surface area (Å²) in [5, 5.41) is 22.1. The van der Waals surface area contributed by atoms with Gasteiger partial charge < -0.3 is 20.3 Å². The van der Waals surface area contributed by atoms with Crippen LogP contribution < -0.4 is 14.8 Å². The minimum Gasteiger partial charge on any atom is -0.494 e. The number of rotatable bonds is 19. The number of carbonyl (C=O) groups is 1. The first kappa shape index (κ1) is 38.3. The van der Waals surface area contributed by atoms with Crippen LogP contribution in [0.4, 0.5) is 5.00 Å². The maximum atomic E-state index is 15.0. The molecule has 6 aromatic rings. The molecule has 6 aromatic heterocycles. The highest BCUT2D eigenvalue weighted by Gasteiger charge is 2.42. The Labute approximate surface area is 341 Å². The molecule has 0 saturated heterocycles. The number of aromatic hydroxyl groups is 1. The van der Waals surface area contributed by atoms with Crippen LogP contribution in [0.2, 0.25) is 0 Å². The van der Waals surface area contributed by atoms with Crippen LogP contribution in [0.25, 0.3) is 50.5 Å². The standard InChI is InChI=1S/C42H50N4O2S6/c1-3-5-7-9-11-13-15-17-19-45-35(25-21-27-37(51-25)39-29(49-27)23-31(43)53-39)33-34(41(45)47)36(46(42(33)48)20-18-16-14-12-10-8-6-4-2)26-22-28-38(52-26)40-30(50-28)24-32(44)54-40/h21-24,43,48H,3-20,44H2,1-2H3. The molecular formula is C42H50N4O2S6. The number of aromatic nitrogens is 1. The third-order valence-electron chi connectivity index (χ3n) is 10.8. The van der Waals surface area contributed by atoms with Gasteiger partial charge in [0.1, 0.15) is 0 Å². The summed E-state index contributed by atoms with van der Waals surface area (Å²) in [6, 6.07) is 6.54. The topological polar surface area (TPSA) is 95.3 Å². The van der Waals surface area contributed by atoms with Crippen LogP contribution >= 0.6 is 68.4 Å². The molecule has 2 aliphatic heterocycles. The fourth-order valence-electron chi connectivity index (χ4n) is 8.08. The van der Waals surface area contributed by atoms with Gasteiger partial charge in [0.15, 0.2) is 0 Å². The third-order valence-corrected chi connectivity index (χ3v) is 18.0. The van der Waals surface area contributed by atoms with Gasteiger partial charge in [-0.1, -0.05) is 116 Å². The van der Waals surface area contributed by atoms with E-state index in [1.807, 2.05) is 11.0 Å². The highest BCUT2D eigenvalue weighted by molar-refractivity contribution is 8.15. The zero-order valence-corrected chi connectivity index (χ0v) is 36.2. The van der Waals surface area contributed by atoms with Crippen LogP contribution in [0, 0.1) is 5.41 Å². The van der Waals surface area contributed by atoms with E-state index in [0.717, 1.165) is 60.9 Å². The number of thioether (sulfide) groups is 1. The van der Waals surface area contributed by atoms with Crippen LogP contribution in [0.1, 0.15) is 133 Å². The molecule has 0 aliphatic carbocycles. The number of nitrogens with two attached hydrogens (primary N) is 1. The number of fused-ring (bicyclic) bond motifs is 7. The molecule has 0 unspecified atom stereocenters. The van der Waals surface area contributed by atoms with E-state index < -0.39 is 0 Å². The molecule has 12 heteroatoms. The van der Waals surface area contributed by atoms with Crippen molar-refractivity contribution in [2.75, 3.05) is 12.3 Å². The lowest BCUT2D eigenvalue weighted by molar-refractivity contribution is 0.0848. The smallest absolute Gasteiger partial charge is 0.261 e. The number of hydrogen-bond donors (Lipinski definition) is 3. The van der Waals surface area contributed by atoms with Gasteiger partial charge in [0.05, 0.1) is 56.1 Å². The first-order valence-corrected chi connectivity index (χ1v) is 24.8. The highest BCUT2D eigenvalue weighted by atomic mass is 32.2. The molecule has 4 N–H and O–H groups in total. The van der Waals surface area contributed by atoms with Crippen molar-refractivity contribution in [2.45, 2.75) is 128 Å². The summed E-state index contributed by atoms with van der Waals surface area (Å²) in [6.45, 7) is 5.83. The van der Waals surface area contributed by atoms with E-state index >= 15 is 0 Å². The third kappa shape index (κ3) is 7.36. The predicted molar refractivity (Wildman–Crippen MR) is 240 cm³/mol. The Kier molecular flexibility index (Phi) is 11.9. The number of thiophene rings is 5. The van der Waals surface area contributed by atoms with Gasteiger partial charge in [0, 0.05) is 36.6 Å². The number of nitrogens with zero attached hydrogens (tertiary/aromatic N) is 2. The average molecular weight is 835 g/mol. The minimum absolute atomic E-state index is 0.0108. The second kappa shape index (κ2) is 16.9. The van der Waals surface area contributed by atoms with Crippen molar-refractivity contribution < 1.29 is 9.90 Å². The van der Waals surface area contributed by atoms with E-state index in [1.54, 1.807) is 56.7 Å². The molecule has 0 radical (unpaired) electrons. The first-order chi connectivity index (χ1) is 26.4. The SMILES string of the molecule is CCCCCCCCCCN1C(=O)c2c(c(O)n(CCCCCCCCCC)c2-c2cc3sc4cc(N)sc4c3s2)C1=c1cc2sc3c(c2s1)SC(=N)C=3. The summed E-state index contributed by atoms with van der Waals surface area (Å²) in [5.41, 5.74) is 9.33. The first-order valence-electron chi connectivity index (χ1n) is 19.9. The van der Waals surface area contributed by atoms with Gasteiger partial charge in [0.25, 0.3) is 5.91 Å². The van der Waals surface area contributed by atoms with Crippen molar-refractivity contribution in [1.82, 2.24) is 9.47 Å². The molecule has 8 rings (SSSR count). The van der Waals surface area contributed by atoms with E-state index in [1.165, 1.54) is 117 Å². The molecule has 0 fully saturated rings. The van der Waals surface area contributed by atoms with E-state index in [0.29, 0.717) is 29.3 Å². The van der Waals surface area contributed by atoms with Crippen molar-refractivity contribution in [1.29, 1.82) is 5.41 Å². The van der Waals surface area contributed by atoms with Crippen LogP contribution in [0.15, 0.2) is 23.1 Å². The number of anilines is 1. The maximum absolute atomic E-state index is 15.0. The fraction of sp³-hybridized carbons (Fsp3) is 0.476. The Bertz CT molecular complexity index is 2450. The van der Waals surface area contributed by atoms with E-state index in [4.69, 9.17) is 11.1 Å². The minimum atomic E-state index is 0.0108. The molecular weight excluding hydrogens is 785 g/mol. The largest absolute Gasteiger partial charge is 0.494 e. The Morgan fingerprint density at radius 1 is 0.685 bits per heavy atom. The van der Waals surface area contributed by atoms with Crippen molar-refractivity contribution in [3.8, 4) is 16.5 Å². The zero-order chi connectivity index (χ0) is 37.3. The van der Waals surface area contributed by atoms with Gasteiger partial charge in [-0.25, -0.2) is 0 Å². The summed E-state index contributed by atoms with van der Waals surface area (Å²) in [5.74, 6) is 0.232. The molecule has 1 amide bonds. The molecule has 8 heterocycles. The number of hydrogen-bond acceptors (Lipinski definition) is 10. The monoisotopic (exact) mass is 834 g/mol. The second-order valence-electron chi connectivity index (χ2n) is 14.8. The molecule has 6 nitrogen and oxygen atoms in total. The molecule has 0 aromatic carbocycles. The number of unbranched alkanes of at least 4 members (excludes halogenated alkanes) is 14. The van der Waals surface area contributed by atoms with Crippen LogP contribution in [0.5, 0.6) is 5.88 Å². The Hall–Kier alpha value is -2.61. The normalized spacial score (nSPS) is 15.2. The van der Waals surface area contributed by atoms with E-state index in [9.17, 15) is 9.90 Å². The lowest BCUT2D eigenvalue weighted by Crippen LogP contribution is -2.28. The molecule has 286 valence electrons. The summed E-state index contributed by atoms with van der Waals surface area (Å²) in [4.78, 5) is 19.2. The van der Waals surface area contributed by atoms with Gasteiger partial charge in [-0.05, 0) is 37.1 Å². The Morgan fingerprint density at radius 3 is 2.00 bits per heavy atom. The molecule has 0 bridgehead atoms.